The van der Waals surface area contributed by atoms with Crippen LogP contribution >= 0.6 is 0 Å². The lowest BCUT2D eigenvalue weighted by atomic mass is 10.0. The normalized spacial score (nSPS) is 11.7. The van der Waals surface area contributed by atoms with Crippen molar-refractivity contribution in [2.45, 2.75) is 12.2 Å². The molecule has 0 aliphatic heterocycles. The Morgan fingerprint density at radius 2 is 1.56 bits per heavy atom. The van der Waals surface area contributed by atoms with Crippen molar-refractivity contribution in [2.24, 2.45) is 10.9 Å². The summed E-state index contributed by atoms with van der Waals surface area (Å²) in [7, 11) is 1.43. The first kappa shape index (κ1) is 29.6. The highest BCUT2D eigenvalue weighted by Gasteiger charge is 2.38. The second-order valence-electron chi connectivity index (χ2n) is 6.76. The van der Waals surface area contributed by atoms with E-state index in [0.29, 0.717) is 16.9 Å². The van der Waals surface area contributed by atoms with Crippen LogP contribution in [0.1, 0.15) is 26.3 Å². The molecule has 0 heterocycles. The number of amides is 1. The topological polar surface area (TPSA) is 178 Å². The molecule has 0 aliphatic rings. The minimum Gasteiger partial charge on any atom is -0.482 e. The molecule has 2 rings (SSSR count). The van der Waals surface area contributed by atoms with Gasteiger partial charge in [0.25, 0.3) is 5.91 Å². The van der Waals surface area contributed by atoms with Gasteiger partial charge in [0.15, 0.2) is 12.4 Å². The largest absolute Gasteiger partial charge is 0.490 e. The van der Waals surface area contributed by atoms with E-state index in [1.807, 2.05) is 0 Å². The highest BCUT2D eigenvalue weighted by molar-refractivity contribution is 6.04. The highest BCUT2D eigenvalue weighted by atomic mass is 19.4. The van der Waals surface area contributed by atoms with E-state index in [0.717, 1.165) is 5.56 Å². The fourth-order valence-corrected chi connectivity index (χ4v) is 2.46. The number of hydrogen-bond donors (Lipinski definition) is 4. The number of carboxylic acids is 2. The number of nitrogens with zero attached hydrogens (tertiary/aromatic N) is 1. The second-order valence-corrected chi connectivity index (χ2v) is 6.76. The summed E-state index contributed by atoms with van der Waals surface area (Å²) in [5.74, 6) is 0.767. The van der Waals surface area contributed by atoms with Crippen molar-refractivity contribution in [1.29, 1.82) is 0 Å². The zero-order chi connectivity index (χ0) is 27.3. The molecule has 0 aromatic heterocycles. The number of hydrogen-bond acceptors (Lipinski definition) is 8. The second kappa shape index (κ2) is 14.1. The number of ether oxygens (including phenoxy) is 2. The first-order chi connectivity index (χ1) is 16.9. The van der Waals surface area contributed by atoms with Crippen LogP contribution in [0.25, 0.3) is 0 Å². The molecule has 0 unspecified atom stereocenters. The van der Waals surface area contributed by atoms with Crippen molar-refractivity contribution in [3.8, 4) is 5.75 Å². The Kier molecular flexibility index (Phi) is 11.5. The third-order valence-corrected chi connectivity index (χ3v) is 4.10. The van der Waals surface area contributed by atoms with Crippen molar-refractivity contribution in [3.63, 3.8) is 0 Å². The number of carboxylic acid groups (broad SMARTS) is 2. The van der Waals surface area contributed by atoms with Crippen LogP contribution in [0.3, 0.4) is 0 Å². The molecule has 5 N–H and O–H groups in total. The van der Waals surface area contributed by atoms with Crippen LogP contribution < -0.4 is 15.9 Å². The molecule has 0 saturated carbocycles. The molecule has 1 atom stereocenters. The first-order valence-corrected chi connectivity index (χ1v) is 9.81. The molecule has 0 saturated heterocycles. The lowest BCUT2D eigenvalue weighted by Gasteiger charge is -2.17. The molecule has 0 spiro atoms. The van der Waals surface area contributed by atoms with Gasteiger partial charge in [-0.15, -0.1) is 0 Å². The number of aliphatic carboxylic acids is 2. The zero-order valence-electron chi connectivity index (χ0n) is 18.7. The van der Waals surface area contributed by atoms with E-state index in [-0.39, 0.29) is 12.4 Å². The fourth-order valence-electron chi connectivity index (χ4n) is 2.46. The molecule has 0 fully saturated rings. The number of nitrogens with two attached hydrogens (primary N) is 1. The van der Waals surface area contributed by atoms with Crippen LogP contribution in [-0.2, 0) is 14.3 Å². The summed E-state index contributed by atoms with van der Waals surface area (Å²) < 4.78 is 41.8. The smallest absolute Gasteiger partial charge is 0.482 e. The van der Waals surface area contributed by atoms with Gasteiger partial charge in [-0.3, -0.25) is 9.59 Å². The summed E-state index contributed by atoms with van der Waals surface area (Å²) in [6, 6.07) is 11.6. The Bertz CT molecular complexity index is 1070. The van der Waals surface area contributed by atoms with Gasteiger partial charge in [0.1, 0.15) is 11.8 Å². The van der Waals surface area contributed by atoms with E-state index in [1.165, 1.54) is 37.6 Å². The Balaban J connectivity index is 0.000000809. The predicted molar refractivity (Wildman–Crippen MR) is 119 cm³/mol. The van der Waals surface area contributed by atoms with Crippen molar-refractivity contribution in [2.75, 3.05) is 20.3 Å². The number of methoxy groups -OCH3 is 1. The van der Waals surface area contributed by atoms with Gasteiger partial charge in [0.2, 0.25) is 0 Å². The molecule has 194 valence electrons. The van der Waals surface area contributed by atoms with Crippen molar-refractivity contribution >= 4 is 29.8 Å². The number of Topliss-reactive ketones (excluding diaryl/α,β-unsaturated/α-hetero) is 1. The Morgan fingerprint density at radius 3 is 2.00 bits per heavy atom. The van der Waals surface area contributed by atoms with Crippen molar-refractivity contribution in [3.05, 3.63) is 65.2 Å². The average molecular weight is 513 g/mol. The molecular weight excluding hydrogens is 491 g/mol. The Hall–Kier alpha value is -4.46. The summed E-state index contributed by atoms with van der Waals surface area (Å²) in [5, 5.41) is 21.8. The van der Waals surface area contributed by atoms with Crippen molar-refractivity contribution < 1.29 is 52.0 Å². The van der Waals surface area contributed by atoms with E-state index in [9.17, 15) is 27.6 Å². The predicted octanol–water partition coefficient (Wildman–Crippen LogP) is 1.70. The Morgan fingerprint density at radius 1 is 1.03 bits per heavy atom. The summed E-state index contributed by atoms with van der Waals surface area (Å²) >= 11 is 0. The van der Waals surface area contributed by atoms with E-state index < -0.39 is 36.7 Å². The van der Waals surface area contributed by atoms with Crippen LogP contribution in [-0.4, -0.2) is 72.6 Å². The summed E-state index contributed by atoms with van der Waals surface area (Å²) in [6.07, 6.45) is -3.64. The average Bonchev–Trinajstić information content (AvgIpc) is 2.82. The van der Waals surface area contributed by atoms with Gasteiger partial charge in [-0.05, 0) is 42.0 Å². The van der Waals surface area contributed by atoms with Crippen LogP contribution in [0, 0.1) is 0 Å². The van der Waals surface area contributed by atoms with Crippen LogP contribution in [0.4, 0.5) is 13.2 Å². The molecule has 36 heavy (non-hydrogen) atoms. The third-order valence-electron chi connectivity index (χ3n) is 4.10. The molecule has 0 radical (unpaired) electrons. The number of hydrazone groups is 1. The first-order valence-electron chi connectivity index (χ1n) is 9.81. The van der Waals surface area contributed by atoms with Gasteiger partial charge in [-0.1, -0.05) is 12.1 Å². The quantitative estimate of drug-likeness (QED) is 0.159. The van der Waals surface area contributed by atoms with E-state index >= 15 is 0 Å². The number of carbonyl (C=O) groups is 4. The summed E-state index contributed by atoms with van der Waals surface area (Å²) in [4.78, 5) is 44.7. The van der Waals surface area contributed by atoms with E-state index in [1.54, 1.807) is 24.3 Å². The summed E-state index contributed by atoms with van der Waals surface area (Å²) in [5.41, 5.74) is 1.42. The molecule has 1 amide bonds. The van der Waals surface area contributed by atoms with Gasteiger partial charge < -0.3 is 30.8 Å². The number of carbonyl (C=O) groups excluding carboxylic acids is 2. The molecule has 11 nitrogen and oxygen atoms in total. The Labute approximate surface area is 202 Å². The molecule has 14 heteroatoms. The number of benzene rings is 2. The third kappa shape index (κ3) is 10.2. The molecule has 2 aromatic carbocycles. The number of nitrogens with one attached hydrogen (secondary N) is 1. The monoisotopic (exact) mass is 513 g/mol. The highest BCUT2D eigenvalue weighted by Crippen LogP contribution is 2.15. The van der Waals surface area contributed by atoms with Crippen LogP contribution in [0.15, 0.2) is 53.6 Å². The van der Waals surface area contributed by atoms with Gasteiger partial charge in [-0.2, -0.15) is 18.3 Å². The molecule has 0 aliphatic carbocycles. The number of ketones is 1. The molecule has 2 aromatic rings. The van der Waals surface area contributed by atoms with E-state index in [2.05, 4.69) is 10.4 Å². The minimum absolute atomic E-state index is 0.0141. The minimum atomic E-state index is -5.08. The van der Waals surface area contributed by atoms with Crippen LogP contribution in [0.2, 0.25) is 0 Å². The van der Waals surface area contributed by atoms with Crippen molar-refractivity contribution in [1.82, 2.24) is 5.32 Å². The lowest BCUT2D eigenvalue weighted by Crippen LogP contribution is -2.44. The lowest BCUT2D eigenvalue weighted by molar-refractivity contribution is -0.192. The number of halogens is 3. The maximum Gasteiger partial charge on any atom is 0.490 e. The van der Waals surface area contributed by atoms with Gasteiger partial charge in [-0.25, -0.2) is 9.59 Å². The fraction of sp³-hybridized carbons (Fsp3) is 0.227. The molecular formula is C22H22F3N3O8. The maximum atomic E-state index is 12.8. The van der Waals surface area contributed by atoms with Gasteiger partial charge >= 0.3 is 18.1 Å². The van der Waals surface area contributed by atoms with E-state index in [4.69, 9.17) is 30.3 Å². The standard InChI is InChI=1S/C20H21N3O6.C2HF3O2/c1-28-11-17(23-20(27)15-4-2-13(3-5-15)10-22-21)19(26)14-6-8-16(9-7-14)29-12-18(24)25;3-2(4,5)1(6)7/h2-10,17H,11-12,21H2,1H3,(H,23,27)(H,24,25);(H,6,7)/t17-;/m0./s1. The number of alkyl halides is 3. The zero-order valence-corrected chi connectivity index (χ0v) is 18.7. The molecule has 0 bridgehead atoms. The number of rotatable bonds is 10. The summed E-state index contributed by atoms with van der Waals surface area (Å²) in [6.45, 7) is -0.495. The van der Waals surface area contributed by atoms with Crippen LogP contribution in [0.5, 0.6) is 5.75 Å². The maximum absolute atomic E-state index is 12.8. The SMILES string of the molecule is COC[C@H](NC(=O)c1ccc(C=NN)cc1)C(=O)c1ccc(OCC(=O)O)cc1.O=C(O)C(F)(F)F. The van der Waals surface area contributed by atoms with Gasteiger partial charge in [0.05, 0.1) is 12.8 Å². The van der Waals surface area contributed by atoms with Gasteiger partial charge in [0, 0.05) is 18.2 Å².